The maximum absolute atomic E-state index is 11.2. The van der Waals surface area contributed by atoms with Gasteiger partial charge in [-0.3, -0.25) is 0 Å². The van der Waals surface area contributed by atoms with Crippen molar-refractivity contribution in [3.05, 3.63) is 28.8 Å². The quantitative estimate of drug-likeness (QED) is 0.596. The fraction of sp³-hybridized carbons (Fsp3) is 0.467. The normalized spacial score (nSPS) is 17.2. The van der Waals surface area contributed by atoms with Gasteiger partial charge in [0.2, 0.25) is 0 Å². The van der Waals surface area contributed by atoms with Crippen LogP contribution in [-0.4, -0.2) is 38.0 Å². The van der Waals surface area contributed by atoms with Crippen molar-refractivity contribution in [1.29, 1.82) is 0 Å². The van der Waals surface area contributed by atoms with Crippen LogP contribution in [0.1, 0.15) is 29.5 Å². The Hall–Kier alpha value is -0.270. The number of likely N-dealkylation sites (tertiary alicyclic amines) is 1. The van der Waals surface area contributed by atoms with Crippen LogP contribution < -0.4 is 29.6 Å². The van der Waals surface area contributed by atoms with Crippen molar-refractivity contribution in [3.63, 3.8) is 0 Å². The van der Waals surface area contributed by atoms with E-state index in [2.05, 4.69) is 0 Å². The molecule has 114 valence electrons. The number of aryl methyl sites for hydroxylation is 2. The van der Waals surface area contributed by atoms with E-state index < -0.39 is 12.0 Å². The molecule has 7 heteroatoms. The molecule has 1 saturated heterocycles. The predicted octanol–water partition coefficient (Wildman–Crippen LogP) is 0.0801. The number of phenolic OH excluding ortho intramolecular Hbond substituents is 1. The van der Waals surface area contributed by atoms with E-state index >= 15 is 0 Å². The third-order valence-corrected chi connectivity index (χ3v) is 5.23. The first-order valence-electron chi connectivity index (χ1n) is 6.85. The van der Waals surface area contributed by atoms with Crippen molar-refractivity contribution < 1.29 is 44.6 Å². The monoisotopic (exact) mass is 348 g/mol. The summed E-state index contributed by atoms with van der Waals surface area (Å²) in [6, 6.07) is 3.40. The largest absolute Gasteiger partial charge is 1.00 e. The fourth-order valence-corrected chi connectivity index (χ4v) is 3.84. The van der Waals surface area contributed by atoms with Crippen LogP contribution in [0.2, 0.25) is 0 Å². The molecule has 0 bridgehead atoms. The van der Waals surface area contributed by atoms with Gasteiger partial charge >= 0.3 is 35.5 Å². The van der Waals surface area contributed by atoms with Crippen LogP contribution in [0.25, 0.3) is 0 Å². The Kier molecular flexibility index (Phi) is 7.68. The van der Waals surface area contributed by atoms with Gasteiger partial charge in [-0.1, -0.05) is 36.1 Å². The first-order valence-corrected chi connectivity index (χ1v) is 8.25. The molecule has 1 fully saturated rings. The van der Waals surface area contributed by atoms with E-state index in [4.69, 9.17) is 12.2 Å². The molecule has 1 aliphatic rings. The number of phenols is 1. The summed E-state index contributed by atoms with van der Waals surface area (Å²) in [5.41, 5.74) is 2.78. The molecule has 1 atom stereocenters. The molecular formula is C15H19NNaO3S2+. The smallest absolute Gasteiger partial charge is 0.507 e. The Morgan fingerprint density at radius 2 is 2.00 bits per heavy atom. The van der Waals surface area contributed by atoms with Crippen LogP contribution in [-0.2, 0) is 10.5 Å². The van der Waals surface area contributed by atoms with E-state index in [1.165, 1.54) is 11.8 Å². The number of nitrogens with zero attached hydrogens (tertiary/aromatic N) is 1. The van der Waals surface area contributed by atoms with Gasteiger partial charge in [-0.05, 0) is 43.4 Å². The molecule has 1 unspecified atom stereocenters. The van der Waals surface area contributed by atoms with Crippen LogP contribution in [0.4, 0.5) is 0 Å². The van der Waals surface area contributed by atoms with Crippen molar-refractivity contribution in [2.45, 2.75) is 38.5 Å². The summed E-state index contributed by atoms with van der Waals surface area (Å²) in [6.45, 7) is 4.46. The van der Waals surface area contributed by atoms with Crippen LogP contribution in [0, 0.1) is 13.8 Å². The van der Waals surface area contributed by atoms with Gasteiger partial charge in [-0.15, -0.1) is 0 Å². The standard InChI is InChI=1S/C15H19NO3S2.Na/c1-9-6-11(7-10(2)13(9)17)8-21-15(20)16-5-3-4-12(16)14(18)19;/h6-7,12,17H,3-5,8H2,1-2H3,(H,18,19);/q;+1. The minimum Gasteiger partial charge on any atom is -0.507 e. The number of benzene rings is 1. The van der Waals surface area contributed by atoms with Gasteiger partial charge in [-0.25, -0.2) is 4.79 Å². The number of rotatable bonds is 3. The zero-order chi connectivity index (χ0) is 15.6. The molecule has 0 amide bonds. The number of hydrogen-bond donors (Lipinski definition) is 2. The molecule has 4 nitrogen and oxygen atoms in total. The number of aliphatic carboxylic acids is 1. The third kappa shape index (κ3) is 4.61. The van der Waals surface area contributed by atoms with Crippen molar-refractivity contribution in [2.75, 3.05) is 6.54 Å². The summed E-state index contributed by atoms with van der Waals surface area (Å²) in [5, 5.41) is 19.0. The van der Waals surface area contributed by atoms with Gasteiger partial charge in [0.1, 0.15) is 16.1 Å². The summed E-state index contributed by atoms with van der Waals surface area (Å²) in [5.74, 6) is 0.215. The first kappa shape index (κ1) is 19.8. The number of carboxylic acid groups (broad SMARTS) is 1. The second kappa shape index (κ2) is 8.55. The molecule has 0 spiro atoms. The number of aromatic hydroxyl groups is 1. The summed E-state index contributed by atoms with van der Waals surface area (Å²) >= 11 is 6.86. The average molecular weight is 348 g/mol. The molecule has 1 aliphatic heterocycles. The van der Waals surface area contributed by atoms with E-state index in [1.54, 1.807) is 0 Å². The van der Waals surface area contributed by atoms with Crippen LogP contribution in [0.3, 0.4) is 0 Å². The molecular weight excluding hydrogens is 329 g/mol. The third-order valence-electron chi connectivity index (χ3n) is 3.69. The molecule has 0 aromatic heterocycles. The maximum atomic E-state index is 11.2. The topological polar surface area (TPSA) is 60.8 Å². The fourth-order valence-electron chi connectivity index (χ4n) is 2.60. The van der Waals surface area contributed by atoms with Gasteiger partial charge in [0.05, 0.1) is 0 Å². The Bertz CT molecular complexity index is 557. The minimum atomic E-state index is -0.799. The van der Waals surface area contributed by atoms with Gasteiger partial charge in [-0.2, -0.15) is 0 Å². The molecule has 0 saturated carbocycles. The first-order chi connectivity index (χ1) is 9.90. The molecule has 2 N–H and O–H groups in total. The van der Waals surface area contributed by atoms with Crippen molar-refractivity contribution in [1.82, 2.24) is 4.90 Å². The zero-order valence-electron chi connectivity index (χ0n) is 13.1. The van der Waals surface area contributed by atoms with Crippen molar-refractivity contribution >= 4 is 34.3 Å². The number of thioether (sulfide) groups is 1. The Balaban J connectivity index is 0.00000242. The number of carbonyl (C=O) groups is 1. The van der Waals surface area contributed by atoms with Gasteiger partial charge in [0.15, 0.2) is 0 Å². The van der Waals surface area contributed by atoms with Crippen LogP contribution in [0.15, 0.2) is 12.1 Å². The molecule has 0 radical (unpaired) electrons. The summed E-state index contributed by atoms with van der Waals surface area (Å²) < 4.78 is 0.642. The maximum Gasteiger partial charge on any atom is 1.00 e. The number of thiocarbonyl (C=S) groups is 1. The SMILES string of the molecule is Cc1cc(CSC(=S)N2CCCC2C(=O)O)cc(C)c1O.[Na+]. The summed E-state index contributed by atoms with van der Waals surface area (Å²) in [6.07, 6.45) is 1.53. The van der Waals surface area contributed by atoms with Crippen molar-refractivity contribution in [2.24, 2.45) is 0 Å². The predicted molar refractivity (Wildman–Crippen MR) is 88.8 cm³/mol. The van der Waals surface area contributed by atoms with E-state index in [0.717, 1.165) is 29.7 Å². The molecule has 1 aromatic rings. The van der Waals surface area contributed by atoms with E-state index in [1.807, 2.05) is 30.9 Å². The second-order valence-corrected chi connectivity index (χ2v) is 6.93. The average Bonchev–Trinajstić information content (AvgIpc) is 2.91. The molecule has 2 rings (SSSR count). The summed E-state index contributed by atoms with van der Waals surface area (Å²) in [7, 11) is 0. The van der Waals surface area contributed by atoms with E-state index in [0.29, 0.717) is 22.2 Å². The Labute approximate surface area is 162 Å². The summed E-state index contributed by atoms with van der Waals surface area (Å²) in [4.78, 5) is 13.0. The number of carboxylic acids is 1. The second-order valence-electron chi connectivity index (χ2n) is 5.32. The van der Waals surface area contributed by atoms with Crippen molar-refractivity contribution in [3.8, 4) is 5.75 Å². The number of hydrogen-bond acceptors (Lipinski definition) is 4. The zero-order valence-corrected chi connectivity index (χ0v) is 16.8. The molecule has 22 heavy (non-hydrogen) atoms. The Morgan fingerprint density at radius 3 is 2.55 bits per heavy atom. The van der Waals surface area contributed by atoms with E-state index in [9.17, 15) is 15.0 Å². The van der Waals surface area contributed by atoms with Crippen LogP contribution >= 0.6 is 24.0 Å². The Morgan fingerprint density at radius 1 is 1.41 bits per heavy atom. The van der Waals surface area contributed by atoms with E-state index in [-0.39, 0.29) is 29.6 Å². The van der Waals surface area contributed by atoms with Gasteiger partial charge in [0.25, 0.3) is 0 Å². The van der Waals surface area contributed by atoms with Gasteiger partial charge < -0.3 is 15.1 Å². The van der Waals surface area contributed by atoms with Gasteiger partial charge in [0, 0.05) is 12.3 Å². The molecule has 0 aliphatic carbocycles. The van der Waals surface area contributed by atoms with Crippen LogP contribution in [0.5, 0.6) is 5.75 Å². The molecule has 1 heterocycles. The molecule has 1 aromatic carbocycles. The minimum absolute atomic E-state index is 0.